The quantitative estimate of drug-likeness (QED) is 0.881. The lowest BCUT2D eigenvalue weighted by molar-refractivity contribution is 0.203. The molecule has 2 aromatic rings. The summed E-state index contributed by atoms with van der Waals surface area (Å²) in [6.45, 7) is 7.09. The summed E-state index contributed by atoms with van der Waals surface area (Å²) < 4.78 is 0. The summed E-state index contributed by atoms with van der Waals surface area (Å²) in [4.78, 5) is 12.7. The summed E-state index contributed by atoms with van der Waals surface area (Å²) in [6.07, 6.45) is 3.90. The average molecular weight is 332 g/mol. The number of rotatable bonds is 5. The van der Waals surface area contributed by atoms with E-state index in [4.69, 9.17) is 0 Å². The second kappa shape index (κ2) is 7.27. The van der Waals surface area contributed by atoms with Gasteiger partial charge in [-0.25, -0.2) is 9.97 Å². The standard InChI is InChI=1S/C17H24N4OS/c1-12-16(23-13(2)20-12)10-19-15-4-3-7-18-17(15)21-8-5-14(11-22)6-9-21/h3-4,7,14,19,22H,5-6,8-11H2,1-2H3. The summed E-state index contributed by atoms with van der Waals surface area (Å²) >= 11 is 1.74. The lowest BCUT2D eigenvalue weighted by Crippen LogP contribution is -2.35. The second-order valence-corrected chi connectivity index (χ2v) is 7.37. The topological polar surface area (TPSA) is 61.3 Å². The first-order chi connectivity index (χ1) is 11.2. The molecule has 3 heterocycles. The number of aryl methyl sites for hydroxylation is 2. The van der Waals surface area contributed by atoms with Crippen LogP contribution >= 0.6 is 11.3 Å². The van der Waals surface area contributed by atoms with E-state index in [1.54, 1.807) is 11.3 Å². The molecule has 6 heteroatoms. The molecule has 0 radical (unpaired) electrons. The van der Waals surface area contributed by atoms with Crippen LogP contribution in [-0.2, 0) is 6.54 Å². The van der Waals surface area contributed by atoms with Crippen molar-refractivity contribution in [1.82, 2.24) is 9.97 Å². The molecule has 0 atom stereocenters. The van der Waals surface area contributed by atoms with Crippen LogP contribution in [0.4, 0.5) is 11.5 Å². The highest BCUT2D eigenvalue weighted by Gasteiger charge is 2.21. The van der Waals surface area contributed by atoms with Crippen molar-refractivity contribution < 1.29 is 5.11 Å². The molecule has 1 aliphatic rings. The van der Waals surface area contributed by atoms with Crippen molar-refractivity contribution in [3.8, 4) is 0 Å². The molecule has 23 heavy (non-hydrogen) atoms. The zero-order valence-corrected chi connectivity index (χ0v) is 14.6. The maximum absolute atomic E-state index is 9.29. The molecule has 0 aliphatic carbocycles. The molecule has 124 valence electrons. The van der Waals surface area contributed by atoms with Crippen LogP contribution in [0.25, 0.3) is 0 Å². The van der Waals surface area contributed by atoms with Gasteiger partial charge in [0, 0.05) is 30.8 Å². The van der Waals surface area contributed by atoms with E-state index < -0.39 is 0 Å². The molecule has 0 bridgehead atoms. The SMILES string of the molecule is Cc1nc(C)c(CNc2cccnc2N2CCC(CO)CC2)s1. The number of nitrogens with zero attached hydrogens (tertiary/aromatic N) is 3. The van der Waals surface area contributed by atoms with Gasteiger partial charge in [0.1, 0.15) is 0 Å². The summed E-state index contributed by atoms with van der Waals surface area (Å²) in [5.41, 5.74) is 2.18. The van der Waals surface area contributed by atoms with Gasteiger partial charge in [-0.1, -0.05) is 0 Å². The molecular weight excluding hydrogens is 308 g/mol. The molecule has 1 aliphatic heterocycles. The number of aromatic nitrogens is 2. The number of thiazole rings is 1. The van der Waals surface area contributed by atoms with E-state index in [1.165, 1.54) is 4.88 Å². The van der Waals surface area contributed by atoms with Crippen molar-refractivity contribution in [3.63, 3.8) is 0 Å². The number of aliphatic hydroxyl groups is 1. The third kappa shape index (κ3) is 3.82. The molecule has 2 N–H and O–H groups in total. The van der Waals surface area contributed by atoms with Gasteiger partial charge in [-0.2, -0.15) is 0 Å². The Balaban J connectivity index is 1.70. The van der Waals surface area contributed by atoms with Crippen LogP contribution in [-0.4, -0.2) is 34.8 Å². The van der Waals surface area contributed by atoms with Gasteiger partial charge in [-0.15, -0.1) is 11.3 Å². The van der Waals surface area contributed by atoms with Crippen LogP contribution in [0.2, 0.25) is 0 Å². The Bertz CT molecular complexity index is 650. The van der Waals surface area contributed by atoms with Gasteiger partial charge >= 0.3 is 0 Å². The molecule has 1 saturated heterocycles. The molecule has 0 spiro atoms. The van der Waals surface area contributed by atoms with Gasteiger partial charge in [-0.05, 0) is 44.7 Å². The maximum atomic E-state index is 9.29. The Hall–Kier alpha value is -1.66. The molecule has 1 fully saturated rings. The highest BCUT2D eigenvalue weighted by molar-refractivity contribution is 7.11. The Morgan fingerprint density at radius 2 is 2.13 bits per heavy atom. The van der Waals surface area contributed by atoms with E-state index in [2.05, 4.69) is 33.2 Å². The van der Waals surface area contributed by atoms with Crippen LogP contribution in [0.3, 0.4) is 0 Å². The molecule has 0 amide bonds. The van der Waals surface area contributed by atoms with Crippen molar-refractivity contribution in [1.29, 1.82) is 0 Å². The number of hydrogen-bond acceptors (Lipinski definition) is 6. The normalized spacial score (nSPS) is 15.9. The first kappa shape index (κ1) is 16.2. The number of piperidine rings is 1. The van der Waals surface area contributed by atoms with Crippen molar-refractivity contribution in [2.24, 2.45) is 5.92 Å². The summed E-state index contributed by atoms with van der Waals surface area (Å²) in [5, 5.41) is 13.9. The summed E-state index contributed by atoms with van der Waals surface area (Å²) in [7, 11) is 0. The van der Waals surface area contributed by atoms with Crippen molar-refractivity contribution >= 4 is 22.8 Å². The number of pyridine rings is 1. The van der Waals surface area contributed by atoms with Crippen LogP contribution in [0.15, 0.2) is 18.3 Å². The first-order valence-corrected chi connectivity index (χ1v) is 8.96. The fourth-order valence-electron chi connectivity index (χ4n) is 3.03. The van der Waals surface area contributed by atoms with E-state index in [0.29, 0.717) is 12.5 Å². The van der Waals surface area contributed by atoms with E-state index in [9.17, 15) is 5.11 Å². The van der Waals surface area contributed by atoms with Crippen molar-refractivity contribution in [2.75, 3.05) is 29.9 Å². The molecule has 3 rings (SSSR count). The van der Waals surface area contributed by atoms with E-state index >= 15 is 0 Å². The van der Waals surface area contributed by atoms with E-state index in [-0.39, 0.29) is 0 Å². The number of nitrogens with one attached hydrogen (secondary N) is 1. The third-order valence-electron chi connectivity index (χ3n) is 4.40. The monoisotopic (exact) mass is 332 g/mol. The number of anilines is 2. The summed E-state index contributed by atoms with van der Waals surface area (Å²) in [6, 6.07) is 4.06. The number of hydrogen-bond donors (Lipinski definition) is 2. The van der Waals surface area contributed by atoms with Gasteiger partial charge in [0.25, 0.3) is 0 Å². The Kier molecular flexibility index (Phi) is 5.13. The molecule has 0 unspecified atom stereocenters. The minimum Gasteiger partial charge on any atom is -0.396 e. The summed E-state index contributed by atoms with van der Waals surface area (Å²) in [5.74, 6) is 1.46. The zero-order chi connectivity index (χ0) is 16.2. The van der Waals surface area contributed by atoms with Gasteiger partial charge in [-0.3, -0.25) is 0 Å². The molecule has 0 saturated carbocycles. The second-order valence-electron chi connectivity index (χ2n) is 6.08. The zero-order valence-electron chi connectivity index (χ0n) is 13.7. The average Bonchev–Trinajstić information content (AvgIpc) is 2.91. The van der Waals surface area contributed by atoms with E-state index in [0.717, 1.165) is 54.7 Å². The van der Waals surface area contributed by atoms with Crippen LogP contribution in [0.1, 0.15) is 28.4 Å². The minimum atomic E-state index is 0.297. The van der Waals surface area contributed by atoms with Crippen molar-refractivity contribution in [3.05, 3.63) is 33.9 Å². The molecule has 0 aromatic carbocycles. The highest BCUT2D eigenvalue weighted by Crippen LogP contribution is 2.28. The Morgan fingerprint density at radius 3 is 2.78 bits per heavy atom. The lowest BCUT2D eigenvalue weighted by atomic mass is 9.98. The maximum Gasteiger partial charge on any atom is 0.151 e. The number of aliphatic hydroxyl groups excluding tert-OH is 1. The fourth-order valence-corrected chi connectivity index (χ4v) is 3.90. The molecule has 5 nitrogen and oxygen atoms in total. The predicted molar refractivity (Wildman–Crippen MR) is 95.2 cm³/mol. The molecular formula is C17H24N4OS. The van der Waals surface area contributed by atoms with Gasteiger partial charge in [0.15, 0.2) is 5.82 Å². The van der Waals surface area contributed by atoms with Gasteiger partial charge in [0.05, 0.1) is 22.9 Å². The van der Waals surface area contributed by atoms with Crippen molar-refractivity contribution in [2.45, 2.75) is 33.2 Å². The highest BCUT2D eigenvalue weighted by atomic mass is 32.1. The van der Waals surface area contributed by atoms with Gasteiger partial charge in [0.2, 0.25) is 0 Å². The predicted octanol–water partition coefficient (Wildman–Crippen LogP) is 2.98. The Morgan fingerprint density at radius 1 is 1.35 bits per heavy atom. The fraction of sp³-hybridized carbons (Fsp3) is 0.529. The largest absolute Gasteiger partial charge is 0.396 e. The van der Waals surface area contributed by atoms with E-state index in [1.807, 2.05) is 19.2 Å². The van der Waals surface area contributed by atoms with Crippen LogP contribution in [0.5, 0.6) is 0 Å². The smallest absolute Gasteiger partial charge is 0.151 e. The third-order valence-corrected chi connectivity index (χ3v) is 5.47. The van der Waals surface area contributed by atoms with Crippen LogP contribution < -0.4 is 10.2 Å². The first-order valence-electron chi connectivity index (χ1n) is 8.15. The minimum absolute atomic E-state index is 0.297. The molecule has 2 aromatic heterocycles. The Labute approximate surface area is 141 Å². The van der Waals surface area contributed by atoms with Gasteiger partial charge < -0.3 is 15.3 Å². The van der Waals surface area contributed by atoms with Crippen LogP contribution in [0, 0.1) is 19.8 Å². The lowest BCUT2D eigenvalue weighted by Gasteiger charge is -2.33.